The number of hydrogen-bond donors (Lipinski definition) is 0. The van der Waals surface area contributed by atoms with E-state index in [4.69, 9.17) is 4.74 Å². The summed E-state index contributed by atoms with van der Waals surface area (Å²) in [6, 6.07) is 12.8. The van der Waals surface area contributed by atoms with Crippen LogP contribution in [0.2, 0.25) is 0 Å². The lowest BCUT2D eigenvalue weighted by Gasteiger charge is -2.06. The van der Waals surface area contributed by atoms with Gasteiger partial charge in [0.25, 0.3) is 0 Å². The number of aromatic nitrogens is 1. The standard InChI is InChI=1S/C15H13NO3/c1-2-19-15(18)14-9-12(8-13(10-17)16-14)11-6-4-3-5-7-11/h3-10H,2H2,1H3. The molecule has 4 heteroatoms. The molecule has 0 aliphatic rings. The van der Waals surface area contributed by atoms with Gasteiger partial charge in [0.15, 0.2) is 6.29 Å². The molecular weight excluding hydrogens is 242 g/mol. The van der Waals surface area contributed by atoms with Crippen molar-refractivity contribution in [1.82, 2.24) is 4.98 Å². The van der Waals surface area contributed by atoms with Crippen molar-refractivity contribution in [3.05, 3.63) is 53.9 Å². The van der Waals surface area contributed by atoms with Crippen LogP contribution in [0.4, 0.5) is 0 Å². The minimum absolute atomic E-state index is 0.144. The second kappa shape index (κ2) is 5.91. The molecule has 0 bridgehead atoms. The van der Waals surface area contributed by atoms with E-state index in [0.717, 1.165) is 11.1 Å². The van der Waals surface area contributed by atoms with E-state index < -0.39 is 5.97 Å². The number of ether oxygens (including phenoxy) is 1. The van der Waals surface area contributed by atoms with Gasteiger partial charge in [-0.3, -0.25) is 4.79 Å². The van der Waals surface area contributed by atoms with Crippen LogP contribution < -0.4 is 0 Å². The van der Waals surface area contributed by atoms with Gasteiger partial charge in [-0.15, -0.1) is 0 Å². The maximum atomic E-state index is 11.7. The molecule has 96 valence electrons. The van der Waals surface area contributed by atoms with Crippen LogP contribution in [-0.2, 0) is 4.74 Å². The molecule has 0 aliphatic carbocycles. The largest absolute Gasteiger partial charge is 0.461 e. The van der Waals surface area contributed by atoms with Crippen LogP contribution in [0.25, 0.3) is 11.1 Å². The van der Waals surface area contributed by atoms with Gasteiger partial charge in [-0.05, 0) is 30.2 Å². The van der Waals surface area contributed by atoms with E-state index >= 15 is 0 Å². The molecule has 0 atom stereocenters. The summed E-state index contributed by atoms with van der Waals surface area (Å²) in [5.74, 6) is -0.525. The van der Waals surface area contributed by atoms with Gasteiger partial charge >= 0.3 is 5.97 Å². The maximum absolute atomic E-state index is 11.7. The predicted octanol–water partition coefficient (Wildman–Crippen LogP) is 2.74. The number of hydrogen-bond acceptors (Lipinski definition) is 4. The summed E-state index contributed by atoms with van der Waals surface area (Å²) in [5.41, 5.74) is 2.04. The van der Waals surface area contributed by atoms with Gasteiger partial charge in [0, 0.05) is 0 Å². The Kier molecular flexibility index (Phi) is 4.03. The van der Waals surface area contributed by atoms with Crippen molar-refractivity contribution in [1.29, 1.82) is 0 Å². The normalized spacial score (nSPS) is 9.95. The zero-order chi connectivity index (χ0) is 13.7. The third kappa shape index (κ3) is 3.04. The molecule has 0 saturated carbocycles. The number of rotatable bonds is 4. The smallest absolute Gasteiger partial charge is 0.356 e. The fraction of sp³-hybridized carbons (Fsp3) is 0.133. The minimum atomic E-state index is -0.525. The van der Waals surface area contributed by atoms with Gasteiger partial charge in [0.05, 0.1) is 6.61 Å². The Bertz CT molecular complexity index is 594. The van der Waals surface area contributed by atoms with E-state index in [1.54, 1.807) is 19.1 Å². The fourth-order valence-electron chi connectivity index (χ4n) is 1.72. The van der Waals surface area contributed by atoms with E-state index in [1.165, 1.54) is 0 Å². The van der Waals surface area contributed by atoms with Crippen LogP contribution in [0.15, 0.2) is 42.5 Å². The second-order valence-electron chi connectivity index (χ2n) is 3.87. The SMILES string of the molecule is CCOC(=O)c1cc(-c2ccccc2)cc(C=O)n1. The lowest BCUT2D eigenvalue weighted by Crippen LogP contribution is -2.08. The third-order valence-corrected chi connectivity index (χ3v) is 2.56. The first kappa shape index (κ1) is 13.0. The molecule has 1 aromatic carbocycles. The van der Waals surface area contributed by atoms with Crippen molar-refractivity contribution in [2.45, 2.75) is 6.92 Å². The van der Waals surface area contributed by atoms with E-state index in [1.807, 2.05) is 30.3 Å². The number of esters is 1. The number of benzene rings is 1. The highest BCUT2D eigenvalue weighted by atomic mass is 16.5. The maximum Gasteiger partial charge on any atom is 0.356 e. The summed E-state index contributed by atoms with van der Waals surface area (Å²) >= 11 is 0. The van der Waals surface area contributed by atoms with Crippen molar-refractivity contribution < 1.29 is 14.3 Å². The lowest BCUT2D eigenvalue weighted by molar-refractivity contribution is 0.0519. The van der Waals surface area contributed by atoms with Crippen LogP contribution in [0.1, 0.15) is 27.9 Å². The topological polar surface area (TPSA) is 56.3 Å². The average molecular weight is 255 g/mol. The van der Waals surface area contributed by atoms with E-state index in [0.29, 0.717) is 6.29 Å². The molecule has 0 aliphatic heterocycles. The molecule has 1 heterocycles. The molecule has 0 radical (unpaired) electrons. The van der Waals surface area contributed by atoms with Crippen molar-refractivity contribution >= 4 is 12.3 Å². The highest BCUT2D eigenvalue weighted by Gasteiger charge is 2.12. The summed E-state index contributed by atoms with van der Waals surface area (Å²) in [6.45, 7) is 1.99. The van der Waals surface area contributed by atoms with Crippen LogP contribution >= 0.6 is 0 Å². The van der Waals surface area contributed by atoms with Gasteiger partial charge in [-0.1, -0.05) is 30.3 Å². The molecule has 2 aromatic rings. The van der Waals surface area contributed by atoms with Gasteiger partial charge < -0.3 is 4.74 Å². The molecule has 0 spiro atoms. The number of aldehydes is 1. The predicted molar refractivity (Wildman–Crippen MR) is 71.0 cm³/mol. The van der Waals surface area contributed by atoms with Crippen molar-refractivity contribution in [2.75, 3.05) is 6.61 Å². The molecule has 0 N–H and O–H groups in total. The van der Waals surface area contributed by atoms with Crippen LogP contribution in [-0.4, -0.2) is 23.8 Å². The third-order valence-electron chi connectivity index (χ3n) is 2.56. The summed E-state index contributed by atoms with van der Waals surface area (Å²) in [4.78, 5) is 26.6. The van der Waals surface area contributed by atoms with Crippen LogP contribution in [0.3, 0.4) is 0 Å². The summed E-state index contributed by atoms with van der Waals surface area (Å²) in [5, 5.41) is 0. The van der Waals surface area contributed by atoms with Crippen molar-refractivity contribution in [3.63, 3.8) is 0 Å². The van der Waals surface area contributed by atoms with Crippen LogP contribution in [0, 0.1) is 0 Å². The number of pyridine rings is 1. The molecule has 0 unspecified atom stereocenters. The lowest BCUT2D eigenvalue weighted by atomic mass is 10.1. The number of carbonyl (C=O) groups is 2. The molecule has 1 aromatic heterocycles. The fourth-order valence-corrected chi connectivity index (χ4v) is 1.72. The summed E-state index contributed by atoms with van der Waals surface area (Å²) in [7, 11) is 0. The highest BCUT2D eigenvalue weighted by molar-refractivity contribution is 5.90. The van der Waals surface area contributed by atoms with Gasteiger partial charge in [0.1, 0.15) is 11.4 Å². The Morgan fingerprint density at radius 2 is 1.95 bits per heavy atom. The molecular formula is C15H13NO3. The number of carbonyl (C=O) groups excluding carboxylic acids is 2. The monoisotopic (exact) mass is 255 g/mol. The minimum Gasteiger partial charge on any atom is -0.461 e. The molecule has 2 rings (SSSR count). The van der Waals surface area contributed by atoms with Gasteiger partial charge in [0.2, 0.25) is 0 Å². The summed E-state index contributed by atoms with van der Waals surface area (Å²) in [6.07, 6.45) is 0.620. The van der Waals surface area contributed by atoms with Gasteiger partial charge in [-0.25, -0.2) is 9.78 Å². The molecule has 4 nitrogen and oxygen atoms in total. The first-order chi connectivity index (χ1) is 9.24. The zero-order valence-corrected chi connectivity index (χ0v) is 10.5. The van der Waals surface area contributed by atoms with E-state index in [2.05, 4.69) is 4.98 Å². The Labute approximate surface area is 111 Å². The first-order valence-electron chi connectivity index (χ1n) is 5.94. The van der Waals surface area contributed by atoms with E-state index in [-0.39, 0.29) is 18.0 Å². The molecule has 0 saturated heterocycles. The summed E-state index contributed by atoms with van der Waals surface area (Å²) < 4.78 is 4.90. The van der Waals surface area contributed by atoms with Gasteiger partial charge in [-0.2, -0.15) is 0 Å². The Morgan fingerprint density at radius 1 is 1.21 bits per heavy atom. The second-order valence-corrected chi connectivity index (χ2v) is 3.87. The molecule has 0 amide bonds. The number of nitrogens with zero attached hydrogens (tertiary/aromatic N) is 1. The first-order valence-corrected chi connectivity index (χ1v) is 5.94. The molecule has 19 heavy (non-hydrogen) atoms. The highest BCUT2D eigenvalue weighted by Crippen LogP contribution is 2.20. The molecule has 0 fully saturated rings. The van der Waals surface area contributed by atoms with Crippen molar-refractivity contribution in [3.8, 4) is 11.1 Å². The Balaban J connectivity index is 2.47. The Morgan fingerprint density at radius 3 is 2.58 bits per heavy atom. The quantitative estimate of drug-likeness (QED) is 0.622. The Hall–Kier alpha value is -2.49. The van der Waals surface area contributed by atoms with E-state index in [9.17, 15) is 9.59 Å². The van der Waals surface area contributed by atoms with Crippen LogP contribution in [0.5, 0.6) is 0 Å². The average Bonchev–Trinajstić information content (AvgIpc) is 2.48. The zero-order valence-electron chi connectivity index (χ0n) is 10.5. The van der Waals surface area contributed by atoms with Crippen molar-refractivity contribution in [2.24, 2.45) is 0 Å².